The van der Waals surface area contributed by atoms with Gasteiger partial charge in [0.15, 0.2) is 0 Å². The monoisotopic (exact) mass is 245 g/mol. The van der Waals surface area contributed by atoms with Crippen LogP contribution >= 0.6 is 0 Å². The average molecular weight is 245 g/mol. The van der Waals surface area contributed by atoms with Crippen molar-refractivity contribution in [3.05, 3.63) is 70.8 Å². The molecule has 0 aliphatic heterocycles. The van der Waals surface area contributed by atoms with Crippen LogP contribution in [0.5, 0.6) is 0 Å². The van der Waals surface area contributed by atoms with E-state index in [2.05, 4.69) is 0 Å². The fourth-order valence-corrected chi connectivity index (χ4v) is 1.68. The Morgan fingerprint density at radius 3 is 2.56 bits per heavy atom. The van der Waals surface area contributed by atoms with E-state index in [1.54, 1.807) is 18.2 Å². The summed E-state index contributed by atoms with van der Waals surface area (Å²) in [5, 5.41) is 18.8. The summed E-state index contributed by atoms with van der Waals surface area (Å²) in [6, 6.07) is 11.1. The predicted octanol–water partition coefficient (Wildman–Crippen LogP) is 2.92. The first-order valence-corrected chi connectivity index (χ1v) is 5.25. The van der Waals surface area contributed by atoms with E-state index in [1.165, 1.54) is 12.1 Å². The molecule has 0 radical (unpaired) electrons. The number of aliphatic hydroxyl groups excluding tert-OH is 1. The van der Waals surface area contributed by atoms with Gasteiger partial charge in [-0.1, -0.05) is 18.2 Å². The summed E-state index contributed by atoms with van der Waals surface area (Å²) in [5.41, 5.74) is 0.736. The number of aliphatic hydroxyl groups is 1. The first kappa shape index (κ1) is 12.2. The molecular weight excluding hydrogens is 236 g/mol. The van der Waals surface area contributed by atoms with Crippen LogP contribution in [0.25, 0.3) is 0 Å². The van der Waals surface area contributed by atoms with Gasteiger partial charge in [-0.2, -0.15) is 5.26 Å². The highest BCUT2D eigenvalue weighted by molar-refractivity contribution is 5.37. The van der Waals surface area contributed by atoms with Crippen LogP contribution in [0.2, 0.25) is 0 Å². The van der Waals surface area contributed by atoms with Gasteiger partial charge in [0.1, 0.15) is 17.7 Å². The summed E-state index contributed by atoms with van der Waals surface area (Å²) < 4.78 is 26.3. The van der Waals surface area contributed by atoms with E-state index < -0.39 is 17.7 Å². The molecule has 0 aliphatic carbocycles. The highest BCUT2D eigenvalue weighted by Crippen LogP contribution is 2.25. The maximum absolute atomic E-state index is 13.5. The van der Waals surface area contributed by atoms with Crippen molar-refractivity contribution in [2.75, 3.05) is 0 Å². The van der Waals surface area contributed by atoms with E-state index >= 15 is 0 Å². The van der Waals surface area contributed by atoms with Crippen molar-refractivity contribution in [3.63, 3.8) is 0 Å². The molecule has 2 nitrogen and oxygen atoms in total. The van der Waals surface area contributed by atoms with Gasteiger partial charge in [-0.05, 0) is 23.8 Å². The maximum atomic E-state index is 13.5. The minimum absolute atomic E-state index is 0.0218. The van der Waals surface area contributed by atoms with Crippen LogP contribution in [-0.2, 0) is 0 Å². The standard InChI is InChI=1S/C14H9F2NO/c15-11-4-5-12(13(16)7-11)14(18)10-3-1-2-9(6-10)8-17/h1-7,14,18H. The molecule has 18 heavy (non-hydrogen) atoms. The third-order valence-corrected chi connectivity index (χ3v) is 2.59. The molecule has 2 aromatic rings. The lowest BCUT2D eigenvalue weighted by molar-refractivity contribution is 0.214. The lowest BCUT2D eigenvalue weighted by Crippen LogP contribution is -2.03. The molecular formula is C14H9F2NO. The Balaban J connectivity index is 2.41. The number of nitrogens with zero attached hydrogens (tertiary/aromatic N) is 1. The van der Waals surface area contributed by atoms with Crippen molar-refractivity contribution < 1.29 is 13.9 Å². The van der Waals surface area contributed by atoms with E-state index in [9.17, 15) is 13.9 Å². The minimum Gasteiger partial charge on any atom is -0.384 e. The third-order valence-electron chi connectivity index (χ3n) is 2.59. The Hall–Kier alpha value is -2.25. The number of hydrogen-bond donors (Lipinski definition) is 1. The Labute approximate surface area is 103 Å². The summed E-state index contributed by atoms with van der Waals surface area (Å²) in [4.78, 5) is 0. The van der Waals surface area contributed by atoms with Gasteiger partial charge in [0.25, 0.3) is 0 Å². The molecule has 0 saturated carbocycles. The molecule has 1 unspecified atom stereocenters. The van der Waals surface area contributed by atoms with Gasteiger partial charge >= 0.3 is 0 Å². The number of rotatable bonds is 2. The van der Waals surface area contributed by atoms with Gasteiger partial charge in [-0.15, -0.1) is 0 Å². The van der Waals surface area contributed by atoms with Crippen molar-refractivity contribution in [2.45, 2.75) is 6.10 Å². The summed E-state index contributed by atoms with van der Waals surface area (Å²) in [7, 11) is 0. The largest absolute Gasteiger partial charge is 0.384 e. The highest BCUT2D eigenvalue weighted by atomic mass is 19.1. The van der Waals surface area contributed by atoms with E-state index in [0.717, 1.165) is 6.07 Å². The van der Waals surface area contributed by atoms with Gasteiger partial charge < -0.3 is 5.11 Å². The first-order valence-electron chi connectivity index (χ1n) is 5.25. The topological polar surface area (TPSA) is 44.0 Å². The number of benzene rings is 2. The molecule has 0 saturated heterocycles. The van der Waals surface area contributed by atoms with Crippen molar-refractivity contribution in [3.8, 4) is 6.07 Å². The number of nitriles is 1. The molecule has 0 heterocycles. The van der Waals surface area contributed by atoms with E-state index in [0.29, 0.717) is 17.2 Å². The molecule has 0 spiro atoms. The van der Waals surface area contributed by atoms with Gasteiger partial charge in [0, 0.05) is 11.6 Å². The summed E-state index contributed by atoms with van der Waals surface area (Å²) in [6.07, 6.45) is -1.22. The lowest BCUT2D eigenvalue weighted by atomic mass is 9.99. The van der Waals surface area contributed by atoms with Gasteiger partial charge in [-0.3, -0.25) is 0 Å². The average Bonchev–Trinajstić information content (AvgIpc) is 2.38. The smallest absolute Gasteiger partial charge is 0.132 e. The van der Waals surface area contributed by atoms with E-state index in [-0.39, 0.29) is 5.56 Å². The van der Waals surface area contributed by atoms with Crippen molar-refractivity contribution in [1.29, 1.82) is 5.26 Å². The molecule has 2 rings (SSSR count). The Morgan fingerprint density at radius 2 is 1.89 bits per heavy atom. The lowest BCUT2D eigenvalue weighted by Gasteiger charge is -2.12. The Bertz CT molecular complexity index is 619. The van der Waals surface area contributed by atoms with Gasteiger partial charge in [0.2, 0.25) is 0 Å². The molecule has 1 N–H and O–H groups in total. The zero-order valence-corrected chi connectivity index (χ0v) is 9.27. The van der Waals surface area contributed by atoms with E-state index in [4.69, 9.17) is 5.26 Å². The molecule has 4 heteroatoms. The van der Waals surface area contributed by atoms with E-state index in [1.807, 2.05) is 6.07 Å². The molecule has 90 valence electrons. The molecule has 0 fully saturated rings. The maximum Gasteiger partial charge on any atom is 0.132 e. The zero-order valence-electron chi connectivity index (χ0n) is 9.27. The summed E-state index contributed by atoms with van der Waals surface area (Å²) in [6.45, 7) is 0. The molecule has 1 atom stereocenters. The summed E-state index contributed by atoms with van der Waals surface area (Å²) in [5.74, 6) is -1.51. The minimum atomic E-state index is -1.22. The SMILES string of the molecule is N#Cc1cccc(C(O)c2ccc(F)cc2F)c1. The second-order valence-corrected chi connectivity index (χ2v) is 3.81. The van der Waals surface area contributed by atoms with Gasteiger partial charge in [-0.25, -0.2) is 8.78 Å². The van der Waals surface area contributed by atoms with Crippen LogP contribution < -0.4 is 0 Å². The molecule has 0 amide bonds. The predicted molar refractivity (Wildman–Crippen MR) is 61.6 cm³/mol. The van der Waals surface area contributed by atoms with Crippen LogP contribution in [0.1, 0.15) is 22.8 Å². The fraction of sp³-hybridized carbons (Fsp3) is 0.0714. The summed E-state index contributed by atoms with van der Waals surface area (Å²) >= 11 is 0. The van der Waals surface area contributed by atoms with Crippen LogP contribution in [0, 0.1) is 23.0 Å². The molecule has 0 aromatic heterocycles. The van der Waals surface area contributed by atoms with Crippen LogP contribution in [-0.4, -0.2) is 5.11 Å². The Kier molecular flexibility index (Phi) is 3.35. The van der Waals surface area contributed by atoms with Crippen LogP contribution in [0.4, 0.5) is 8.78 Å². The van der Waals surface area contributed by atoms with Crippen LogP contribution in [0.3, 0.4) is 0 Å². The Morgan fingerprint density at radius 1 is 1.11 bits per heavy atom. The third kappa shape index (κ3) is 2.36. The van der Waals surface area contributed by atoms with Crippen molar-refractivity contribution in [1.82, 2.24) is 0 Å². The number of halogens is 2. The second-order valence-electron chi connectivity index (χ2n) is 3.81. The van der Waals surface area contributed by atoms with Crippen molar-refractivity contribution >= 4 is 0 Å². The molecule has 0 aliphatic rings. The molecule has 2 aromatic carbocycles. The van der Waals surface area contributed by atoms with Crippen LogP contribution in [0.15, 0.2) is 42.5 Å². The quantitative estimate of drug-likeness (QED) is 0.884. The number of hydrogen-bond acceptors (Lipinski definition) is 2. The second kappa shape index (κ2) is 4.94. The zero-order chi connectivity index (χ0) is 13.1. The van der Waals surface area contributed by atoms with Crippen molar-refractivity contribution in [2.24, 2.45) is 0 Å². The first-order chi connectivity index (χ1) is 8.61. The highest BCUT2D eigenvalue weighted by Gasteiger charge is 2.15. The normalized spacial score (nSPS) is 11.9. The molecule has 0 bridgehead atoms. The van der Waals surface area contributed by atoms with Gasteiger partial charge in [0.05, 0.1) is 11.6 Å². The fourth-order valence-electron chi connectivity index (χ4n) is 1.68.